The highest BCUT2D eigenvalue weighted by atomic mass is 16.2. The quantitative estimate of drug-likeness (QED) is 0.863. The minimum Gasteiger partial charge on any atom is -0.320 e. The number of unbranched alkanes of at least 4 members (excludes halogenated alkanes) is 1. The van der Waals surface area contributed by atoms with Gasteiger partial charge in [-0.1, -0.05) is 25.8 Å². The van der Waals surface area contributed by atoms with Crippen LogP contribution in [-0.4, -0.2) is 19.0 Å². The molecule has 18 heavy (non-hydrogen) atoms. The van der Waals surface area contributed by atoms with Crippen LogP contribution in [0.1, 0.15) is 31.7 Å². The average molecular weight is 245 g/mol. The zero-order valence-corrected chi connectivity index (χ0v) is 10.9. The molecule has 0 aliphatic heterocycles. The van der Waals surface area contributed by atoms with Gasteiger partial charge in [-0.15, -0.1) is 0 Å². The molecule has 0 saturated carbocycles. The number of benzene rings is 1. The fourth-order valence-electron chi connectivity index (χ4n) is 1.71. The van der Waals surface area contributed by atoms with Gasteiger partial charge in [0, 0.05) is 12.7 Å². The van der Waals surface area contributed by atoms with Crippen molar-refractivity contribution in [2.45, 2.75) is 32.2 Å². The number of likely N-dealkylation sites (N-methyl/N-ethyl adjacent to an activating group) is 1. The van der Waals surface area contributed by atoms with Gasteiger partial charge in [0.05, 0.1) is 17.7 Å². The molecule has 1 unspecified atom stereocenters. The van der Waals surface area contributed by atoms with Crippen molar-refractivity contribution >= 4 is 11.6 Å². The molecule has 0 radical (unpaired) electrons. The summed E-state index contributed by atoms with van der Waals surface area (Å²) >= 11 is 0. The molecule has 1 rings (SSSR count). The summed E-state index contributed by atoms with van der Waals surface area (Å²) in [6.07, 6.45) is 2.66. The van der Waals surface area contributed by atoms with Crippen LogP contribution in [0.5, 0.6) is 0 Å². The van der Waals surface area contributed by atoms with Gasteiger partial charge >= 0.3 is 0 Å². The SMILES string of the molecule is CCCCC(N)C(=O)N(C)c1cccc(C#N)c1. The number of carbonyl (C=O) groups is 1. The third-order valence-corrected chi connectivity index (χ3v) is 2.88. The molecule has 1 atom stereocenters. The Hall–Kier alpha value is -1.86. The van der Waals surface area contributed by atoms with Gasteiger partial charge in [-0.05, 0) is 24.6 Å². The van der Waals surface area contributed by atoms with E-state index in [2.05, 4.69) is 13.0 Å². The number of nitrogens with zero attached hydrogens (tertiary/aromatic N) is 2. The van der Waals surface area contributed by atoms with Crippen LogP contribution in [0.4, 0.5) is 5.69 Å². The molecule has 0 aliphatic carbocycles. The largest absolute Gasteiger partial charge is 0.320 e. The first-order valence-corrected chi connectivity index (χ1v) is 6.13. The maximum absolute atomic E-state index is 12.1. The highest BCUT2D eigenvalue weighted by molar-refractivity contribution is 5.96. The Morgan fingerprint density at radius 3 is 2.89 bits per heavy atom. The van der Waals surface area contributed by atoms with E-state index in [4.69, 9.17) is 11.0 Å². The van der Waals surface area contributed by atoms with E-state index in [-0.39, 0.29) is 5.91 Å². The first kappa shape index (κ1) is 14.2. The first-order chi connectivity index (χ1) is 8.60. The molecular formula is C14H19N3O. The molecule has 0 aliphatic rings. The van der Waals surface area contributed by atoms with Gasteiger partial charge in [-0.2, -0.15) is 5.26 Å². The van der Waals surface area contributed by atoms with Crippen molar-refractivity contribution in [1.29, 1.82) is 5.26 Å². The summed E-state index contributed by atoms with van der Waals surface area (Å²) < 4.78 is 0. The van der Waals surface area contributed by atoms with Gasteiger partial charge in [0.2, 0.25) is 5.91 Å². The smallest absolute Gasteiger partial charge is 0.243 e. The number of anilines is 1. The van der Waals surface area contributed by atoms with E-state index in [1.165, 1.54) is 4.90 Å². The predicted molar refractivity (Wildman–Crippen MR) is 72.1 cm³/mol. The molecule has 0 spiro atoms. The average Bonchev–Trinajstić information content (AvgIpc) is 2.43. The van der Waals surface area contributed by atoms with E-state index in [1.54, 1.807) is 31.3 Å². The lowest BCUT2D eigenvalue weighted by molar-refractivity contribution is -0.119. The Bertz CT molecular complexity index is 451. The number of hydrogen-bond acceptors (Lipinski definition) is 3. The standard InChI is InChI=1S/C14H19N3O/c1-3-4-8-13(16)14(18)17(2)12-7-5-6-11(9-12)10-15/h5-7,9,13H,3-4,8,16H2,1-2H3. The number of amides is 1. The van der Waals surface area contributed by atoms with Crippen molar-refractivity contribution in [3.05, 3.63) is 29.8 Å². The van der Waals surface area contributed by atoms with Gasteiger partial charge in [0.25, 0.3) is 0 Å². The minimum atomic E-state index is -0.472. The zero-order chi connectivity index (χ0) is 13.5. The molecule has 0 aromatic heterocycles. The van der Waals surface area contributed by atoms with E-state index in [0.717, 1.165) is 12.8 Å². The molecule has 4 nitrogen and oxygen atoms in total. The van der Waals surface area contributed by atoms with Crippen molar-refractivity contribution in [3.8, 4) is 6.07 Å². The minimum absolute atomic E-state index is 0.112. The van der Waals surface area contributed by atoms with Crippen LogP contribution in [0.3, 0.4) is 0 Å². The lowest BCUT2D eigenvalue weighted by Crippen LogP contribution is -2.41. The molecule has 2 N–H and O–H groups in total. The van der Waals surface area contributed by atoms with Gasteiger partial charge in [0.1, 0.15) is 0 Å². The van der Waals surface area contributed by atoms with Gasteiger partial charge in [-0.3, -0.25) is 4.79 Å². The van der Waals surface area contributed by atoms with E-state index >= 15 is 0 Å². The van der Waals surface area contributed by atoms with Crippen LogP contribution >= 0.6 is 0 Å². The second-order valence-corrected chi connectivity index (χ2v) is 4.31. The first-order valence-electron chi connectivity index (χ1n) is 6.13. The van der Waals surface area contributed by atoms with Gasteiger partial charge < -0.3 is 10.6 Å². The fourth-order valence-corrected chi connectivity index (χ4v) is 1.71. The molecule has 0 saturated heterocycles. The van der Waals surface area contributed by atoms with E-state index in [1.807, 2.05) is 0 Å². The maximum atomic E-state index is 12.1. The second kappa shape index (κ2) is 6.77. The number of carbonyl (C=O) groups excluding carboxylic acids is 1. The van der Waals surface area contributed by atoms with Crippen molar-refractivity contribution in [3.63, 3.8) is 0 Å². The molecular weight excluding hydrogens is 226 g/mol. The molecule has 96 valence electrons. The van der Waals surface area contributed by atoms with Gasteiger partial charge in [0.15, 0.2) is 0 Å². The molecule has 1 aromatic carbocycles. The number of nitrogens with two attached hydrogens (primary N) is 1. The van der Waals surface area contributed by atoms with Crippen molar-refractivity contribution in [2.75, 3.05) is 11.9 Å². The molecule has 4 heteroatoms. The summed E-state index contributed by atoms with van der Waals surface area (Å²) in [6, 6.07) is 8.53. The van der Waals surface area contributed by atoms with E-state index in [0.29, 0.717) is 17.7 Å². The van der Waals surface area contributed by atoms with Crippen molar-refractivity contribution in [1.82, 2.24) is 0 Å². The summed E-state index contributed by atoms with van der Waals surface area (Å²) in [7, 11) is 1.69. The summed E-state index contributed by atoms with van der Waals surface area (Å²) in [5.74, 6) is -0.112. The molecule has 0 fully saturated rings. The van der Waals surface area contributed by atoms with E-state index in [9.17, 15) is 4.79 Å². The van der Waals surface area contributed by atoms with E-state index < -0.39 is 6.04 Å². The monoisotopic (exact) mass is 245 g/mol. The molecule has 1 aromatic rings. The number of rotatable bonds is 5. The Labute approximate surface area is 108 Å². The van der Waals surface area contributed by atoms with Crippen LogP contribution in [0, 0.1) is 11.3 Å². The summed E-state index contributed by atoms with van der Waals surface area (Å²) in [6.45, 7) is 2.07. The highest BCUT2D eigenvalue weighted by Crippen LogP contribution is 2.15. The normalized spacial score (nSPS) is 11.7. The van der Waals surface area contributed by atoms with Crippen LogP contribution in [0.25, 0.3) is 0 Å². The second-order valence-electron chi connectivity index (χ2n) is 4.31. The fraction of sp³-hybridized carbons (Fsp3) is 0.429. The predicted octanol–water partition coefficient (Wildman–Crippen LogP) is 2.04. The van der Waals surface area contributed by atoms with Crippen molar-refractivity contribution in [2.24, 2.45) is 5.73 Å². The third kappa shape index (κ3) is 3.57. The Morgan fingerprint density at radius 2 is 2.28 bits per heavy atom. The number of nitriles is 1. The Balaban J connectivity index is 2.76. The molecule has 0 heterocycles. The Morgan fingerprint density at radius 1 is 1.56 bits per heavy atom. The van der Waals surface area contributed by atoms with Crippen LogP contribution in [0.2, 0.25) is 0 Å². The van der Waals surface area contributed by atoms with Crippen molar-refractivity contribution < 1.29 is 4.79 Å². The zero-order valence-electron chi connectivity index (χ0n) is 10.9. The lowest BCUT2D eigenvalue weighted by atomic mass is 10.1. The highest BCUT2D eigenvalue weighted by Gasteiger charge is 2.18. The summed E-state index contributed by atoms with van der Waals surface area (Å²) in [4.78, 5) is 13.6. The van der Waals surface area contributed by atoms with Crippen LogP contribution in [-0.2, 0) is 4.79 Å². The summed E-state index contributed by atoms with van der Waals surface area (Å²) in [5.41, 5.74) is 7.09. The topological polar surface area (TPSA) is 70.1 Å². The molecule has 1 amide bonds. The Kier molecular flexibility index (Phi) is 5.34. The maximum Gasteiger partial charge on any atom is 0.243 e. The lowest BCUT2D eigenvalue weighted by Gasteiger charge is -2.21. The van der Waals surface area contributed by atoms with Gasteiger partial charge in [-0.25, -0.2) is 0 Å². The third-order valence-electron chi connectivity index (χ3n) is 2.88. The van der Waals surface area contributed by atoms with Crippen LogP contribution in [0.15, 0.2) is 24.3 Å². The van der Waals surface area contributed by atoms with Crippen LogP contribution < -0.4 is 10.6 Å². The molecule has 0 bridgehead atoms. The number of hydrogen-bond donors (Lipinski definition) is 1. The summed E-state index contributed by atoms with van der Waals surface area (Å²) in [5, 5.41) is 8.83.